The maximum absolute atomic E-state index is 2.39. The van der Waals surface area contributed by atoms with E-state index in [0.29, 0.717) is 0 Å². The van der Waals surface area contributed by atoms with E-state index in [-0.39, 0.29) is 8.80 Å². The van der Waals surface area contributed by atoms with Gasteiger partial charge in [-0.15, -0.1) is 0 Å². The fourth-order valence-electron chi connectivity index (χ4n) is 0.880. The molecular formula is C8H19Si. The highest BCUT2D eigenvalue weighted by molar-refractivity contribution is 6.55. The number of hydrogen-bond acceptors (Lipinski definition) is 0. The van der Waals surface area contributed by atoms with Crippen molar-refractivity contribution in [1.29, 1.82) is 0 Å². The lowest BCUT2D eigenvalue weighted by Gasteiger charge is -2.16. The van der Waals surface area contributed by atoms with Gasteiger partial charge in [-0.3, -0.25) is 0 Å². The van der Waals surface area contributed by atoms with Gasteiger partial charge in [-0.1, -0.05) is 39.9 Å². The fourth-order valence-corrected chi connectivity index (χ4v) is 2.64. The van der Waals surface area contributed by atoms with Crippen molar-refractivity contribution in [3.8, 4) is 0 Å². The Morgan fingerprint density at radius 2 is 1.56 bits per heavy atom. The third-order valence-electron chi connectivity index (χ3n) is 1.87. The topological polar surface area (TPSA) is 0 Å². The third-order valence-corrected chi connectivity index (χ3v) is 3.33. The van der Waals surface area contributed by atoms with E-state index in [2.05, 4.69) is 33.9 Å². The van der Waals surface area contributed by atoms with Gasteiger partial charge in [0.15, 0.2) is 0 Å². The summed E-state index contributed by atoms with van der Waals surface area (Å²) in [4.78, 5) is 0. The van der Waals surface area contributed by atoms with E-state index in [1.54, 1.807) is 0 Å². The quantitative estimate of drug-likeness (QED) is 0.533. The van der Waals surface area contributed by atoms with Gasteiger partial charge in [0.2, 0.25) is 0 Å². The SMILES string of the molecule is CC(C)C(C)C[Si](C)C. The predicted octanol–water partition coefficient (Wildman–Crippen LogP) is 3.03. The van der Waals surface area contributed by atoms with Crippen molar-refractivity contribution >= 4 is 8.80 Å². The van der Waals surface area contributed by atoms with Crippen molar-refractivity contribution in [3.05, 3.63) is 0 Å². The first-order valence-corrected chi connectivity index (χ1v) is 6.53. The van der Waals surface area contributed by atoms with E-state index < -0.39 is 0 Å². The maximum Gasteiger partial charge on any atom is 0.0415 e. The Labute approximate surface area is 61.3 Å². The van der Waals surface area contributed by atoms with Crippen LogP contribution < -0.4 is 0 Å². The summed E-state index contributed by atoms with van der Waals surface area (Å²) in [6.45, 7) is 11.8. The van der Waals surface area contributed by atoms with E-state index in [4.69, 9.17) is 0 Å². The first-order chi connectivity index (χ1) is 4.04. The largest absolute Gasteiger partial charge is 0.0713 e. The lowest BCUT2D eigenvalue weighted by Crippen LogP contribution is -2.11. The molecule has 0 aliphatic heterocycles. The van der Waals surface area contributed by atoms with Crippen LogP contribution in [0.25, 0.3) is 0 Å². The van der Waals surface area contributed by atoms with Gasteiger partial charge in [-0.05, 0) is 11.8 Å². The van der Waals surface area contributed by atoms with Gasteiger partial charge >= 0.3 is 0 Å². The molecule has 1 heteroatoms. The van der Waals surface area contributed by atoms with Crippen LogP contribution in [0.1, 0.15) is 20.8 Å². The molecule has 0 saturated heterocycles. The molecule has 0 heterocycles. The Balaban J connectivity index is 3.38. The van der Waals surface area contributed by atoms with E-state index in [0.717, 1.165) is 11.8 Å². The van der Waals surface area contributed by atoms with E-state index in [1.807, 2.05) is 0 Å². The zero-order valence-corrected chi connectivity index (χ0v) is 8.36. The van der Waals surface area contributed by atoms with Gasteiger partial charge in [0.1, 0.15) is 0 Å². The van der Waals surface area contributed by atoms with Gasteiger partial charge in [-0.2, -0.15) is 0 Å². The van der Waals surface area contributed by atoms with Crippen LogP contribution in [0.5, 0.6) is 0 Å². The average Bonchev–Trinajstić information content (AvgIpc) is 1.63. The van der Waals surface area contributed by atoms with E-state index in [9.17, 15) is 0 Å². The lowest BCUT2D eigenvalue weighted by molar-refractivity contribution is 0.454. The molecule has 0 spiro atoms. The van der Waals surface area contributed by atoms with Gasteiger partial charge in [0.25, 0.3) is 0 Å². The molecule has 0 nitrogen and oxygen atoms in total. The molecule has 0 bridgehead atoms. The summed E-state index contributed by atoms with van der Waals surface area (Å²) < 4.78 is 0. The second-order valence-corrected chi connectivity index (χ2v) is 6.45. The highest BCUT2D eigenvalue weighted by Gasteiger charge is 2.08. The zero-order valence-electron chi connectivity index (χ0n) is 7.36. The van der Waals surface area contributed by atoms with Crippen LogP contribution in [0.4, 0.5) is 0 Å². The van der Waals surface area contributed by atoms with E-state index >= 15 is 0 Å². The minimum Gasteiger partial charge on any atom is -0.0713 e. The van der Waals surface area contributed by atoms with E-state index in [1.165, 1.54) is 6.04 Å². The Bertz CT molecular complexity index is 67.0. The summed E-state index contributed by atoms with van der Waals surface area (Å²) >= 11 is 0. The van der Waals surface area contributed by atoms with Crippen molar-refractivity contribution in [2.75, 3.05) is 0 Å². The minimum atomic E-state index is 0.0216. The van der Waals surface area contributed by atoms with Crippen LogP contribution in [0.3, 0.4) is 0 Å². The first kappa shape index (κ1) is 9.22. The number of hydrogen-bond donors (Lipinski definition) is 0. The molecule has 1 unspecified atom stereocenters. The Morgan fingerprint density at radius 3 is 1.67 bits per heavy atom. The van der Waals surface area contributed by atoms with Crippen molar-refractivity contribution in [2.24, 2.45) is 11.8 Å². The molecule has 0 rings (SSSR count). The monoisotopic (exact) mass is 143 g/mol. The van der Waals surface area contributed by atoms with Crippen LogP contribution >= 0.6 is 0 Å². The molecule has 0 amide bonds. The summed E-state index contributed by atoms with van der Waals surface area (Å²) in [6.07, 6.45) is 0. The predicted molar refractivity (Wildman–Crippen MR) is 46.3 cm³/mol. The molecule has 0 aromatic rings. The second-order valence-electron chi connectivity index (χ2n) is 3.63. The average molecular weight is 143 g/mol. The van der Waals surface area contributed by atoms with Crippen LogP contribution in [-0.2, 0) is 0 Å². The van der Waals surface area contributed by atoms with Crippen molar-refractivity contribution < 1.29 is 0 Å². The van der Waals surface area contributed by atoms with Gasteiger partial charge in [-0.25, -0.2) is 0 Å². The first-order valence-electron chi connectivity index (χ1n) is 3.83. The summed E-state index contributed by atoms with van der Waals surface area (Å²) in [6, 6.07) is 1.47. The Hall–Kier alpha value is 0.217. The number of rotatable bonds is 3. The standard InChI is InChI=1S/C8H19Si/c1-7(2)8(3)6-9(4)5/h7-8H,6H2,1-5H3. The van der Waals surface area contributed by atoms with Crippen molar-refractivity contribution in [2.45, 2.75) is 39.9 Å². The highest BCUT2D eigenvalue weighted by Crippen LogP contribution is 2.16. The zero-order chi connectivity index (χ0) is 7.44. The van der Waals surface area contributed by atoms with Gasteiger partial charge in [0, 0.05) is 8.80 Å². The summed E-state index contributed by atoms with van der Waals surface area (Å²) in [5.74, 6) is 1.82. The van der Waals surface area contributed by atoms with Gasteiger partial charge < -0.3 is 0 Å². The Morgan fingerprint density at radius 1 is 1.11 bits per heavy atom. The van der Waals surface area contributed by atoms with Crippen LogP contribution in [0, 0.1) is 11.8 Å². The molecule has 0 N–H and O–H groups in total. The van der Waals surface area contributed by atoms with Crippen LogP contribution in [0.2, 0.25) is 19.1 Å². The summed E-state index contributed by atoms with van der Waals surface area (Å²) in [7, 11) is 0.0216. The van der Waals surface area contributed by atoms with Gasteiger partial charge in [0.05, 0.1) is 0 Å². The summed E-state index contributed by atoms with van der Waals surface area (Å²) in [5.41, 5.74) is 0. The minimum absolute atomic E-state index is 0.0216. The van der Waals surface area contributed by atoms with Crippen molar-refractivity contribution in [3.63, 3.8) is 0 Å². The molecule has 1 radical (unpaired) electrons. The summed E-state index contributed by atoms with van der Waals surface area (Å²) in [5, 5.41) is 0. The normalized spacial score (nSPS) is 15.0. The smallest absolute Gasteiger partial charge is 0.0415 e. The second kappa shape index (κ2) is 4.10. The molecule has 9 heavy (non-hydrogen) atoms. The molecule has 0 aromatic carbocycles. The van der Waals surface area contributed by atoms with Crippen molar-refractivity contribution in [1.82, 2.24) is 0 Å². The molecule has 0 aromatic heterocycles. The molecule has 0 aliphatic carbocycles. The van der Waals surface area contributed by atoms with Crippen LogP contribution in [0.15, 0.2) is 0 Å². The molecule has 0 aliphatic rings. The molecule has 0 saturated carbocycles. The third kappa shape index (κ3) is 4.70. The molecule has 1 atom stereocenters. The maximum atomic E-state index is 2.39. The lowest BCUT2D eigenvalue weighted by atomic mass is 10.0. The Kier molecular flexibility index (Phi) is 4.20. The molecule has 0 fully saturated rings. The van der Waals surface area contributed by atoms with Crippen LogP contribution in [-0.4, -0.2) is 8.80 Å². The molecular weight excluding hydrogens is 124 g/mol. The highest BCUT2D eigenvalue weighted by atomic mass is 28.3. The fraction of sp³-hybridized carbons (Fsp3) is 1.00. The molecule has 55 valence electrons.